The molecule has 1 aromatic carbocycles. The van der Waals surface area contributed by atoms with Gasteiger partial charge in [0.15, 0.2) is 0 Å². The molecule has 6 heteroatoms. The molecule has 2 rings (SSSR count). The Balaban J connectivity index is 2.01. The minimum absolute atomic E-state index is 0.0124. The second-order valence-corrected chi connectivity index (χ2v) is 4.97. The Labute approximate surface area is 121 Å². The third-order valence-electron chi connectivity index (χ3n) is 3.61. The molecule has 1 heterocycles. The van der Waals surface area contributed by atoms with Crippen molar-refractivity contribution >= 4 is 5.91 Å². The van der Waals surface area contributed by atoms with E-state index in [1.165, 1.54) is 4.90 Å². The topological polar surface area (TPSA) is 46.3 Å². The third-order valence-corrected chi connectivity index (χ3v) is 3.61. The summed E-state index contributed by atoms with van der Waals surface area (Å²) in [6.45, 7) is 0.453. The standard InChI is InChI=1S/C15H17F3N2O/c16-15(17,18)13-5-7-20(8-6-13)14(21)9-11-3-1-2-4-12(11)10-19/h1-5H,6-10,19H2. The van der Waals surface area contributed by atoms with Gasteiger partial charge in [-0.25, -0.2) is 0 Å². The van der Waals surface area contributed by atoms with Crippen LogP contribution < -0.4 is 5.73 Å². The Morgan fingerprint density at radius 2 is 1.90 bits per heavy atom. The minimum atomic E-state index is -4.29. The third kappa shape index (κ3) is 3.85. The van der Waals surface area contributed by atoms with Crippen LogP contribution in [0, 0.1) is 0 Å². The summed E-state index contributed by atoms with van der Waals surface area (Å²) in [5, 5.41) is 0. The van der Waals surface area contributed by atoms with Gasteiger partial charge in [-0.3, -0.25) is 4.79 Å². The summed E-state index contributed by atoms with van der Waals surface area (Å²) in [6, 6.07) is 7.33. The molecule has 0 fully saturated rings. The predicted molar refractivity (Wildman–Crippen MR) is 73.4 cm³/mol. The van der Waals surface area contributed by atoms with E-state index in [1.807, 2.05) is 24.3 Å². The van der Waals surface area contributed by atoms with E-state index in [2.05, 4.69) is 0 Å². The van der Waals surface area contributed by atoms with E-state index in [1.54, 1.807) is 0 Å². The van der Waals surface area contributed by atoms with Crippen LogP contribution in [0.15, 0.2) is 35.9 Å². The number of halogens is 3. The van der Waals surface area contributed by atoms with E-state index >= 15 is 0 Å². The first-order valence-electron chi connectivity index (χ1n) is 6.72. The Morgan fingerprint density at radius 1 is 1.24 bits per heavy atom. The number of benzene rings is 1. The van der Waals surface area contributed by atoms with E-state index in [0.717, 1.165) is 17.2 Å². The molecule has 0 unspecified atom stereocenters. The van der Waals surface area contributed by atoms with Crippen molar-refractivity contribution in [3.8, 4) is 0 Å². The van der Waals surface area contributed by atoms with E-state index < -0.39 is 11.7 Å². The van der Waals surface area contributed by atoms with E-state index in [4.69, 9.17) is 5.73 Å². The quantitative estimate of drug-likeness (QED) is 0.871. The SMILES string of the molecule is NCc1ccccc1CC(=O)N1CC=C(C(F)(F)F)CC1. The average Bonchev–Trinajstić information content (AvgIpc) is 2.47. The largest absolute Gasteiger partial charge is 0.412 e. The van der Waals surface area contributed by atoms with Gasteiger partial charge in [0.05, 0.1) is 6.42 Å². The van der Waals surface area contributed by atoms with Gasteiger partial charge in [0.1, 0.15) is 0 Å². The van der Waals surface area contributed by atoms with Gasteiger partial charge in [-0.2, -0.15) is 13.2 Å². The van der Waals surface area contributed by atoms with Crippen LogP contribution in [0.5, 0.6) is 0 Å². The van der Waals surface area contributed by atoms with Crippen LogP contribution >= 0.6 is 0 Å². The zero-order valence-corrected chi connectivity index (χ0v) is 11.5. The van der Waals surface area contributed by atoms with Crippen LogP contribution in [-0.4, -0.2) is 30.1 Å². The summed E-state index contributed by atoms with van der Waals surface area (Å²) in [7, 11) is 0. The molecule has 1 aromatic rings. The van der Waals surface area contributed by atoms with Crippen LogP contribution in [0.2, 0.25) is 0 Å². The van der Waals surface area contributed by atoms with Gasteiger partial charge in [-0.1, -0.05) is 30.3 Å². The molecular formula is C15H17F3N2O. The van der Waals surface area contributed by atoms with Crippen LogP contribution in [0.4, 0.5) is 13.2 Å². The van der Waals surface area contributed by atoms with Gasteiger partial charge in [0, 0.05) is 25.2 Å². The maximum absolute atomic E-state index is 12.5. The number of rotatable bonds is 3. The summed E-state index contributed by atoms with van der Waals surface area (Å²) in [5.74, 6) is -0.173. The first kappa shape index (κ1) is 15.6. The highest BCUT2D eigenvalue weighted by molar-refractivity contribution is 5.79. The summed E-state index contributed by atoms with van der Waals surface area (Å²) >= 11 is 0. The number of amides is 1. The van der Waals surface area contributed by atoms with E-state index in [0.29, 0.717) is 6.54 Å². The van der Waals surface area contributed by atoms with Crippen LogP contribution in [-0.2, 0) is 17.8 Å². The van der Waals surface area contributed by atoms with Crippen molar-refractivity contribution < 1.29 is 18.0 Å². The molecule has 3 nitrogen and oxygen atoms in total. The first-order valence-corrected chi connectivity index (χ1v) is 6.72. The lowest BCUT2D eigenvalue weighted by molar-refractivity contribution is -0.131. The number of nitrogens with zero attached hydrogens (tertiary/aromatic N) is 1. The van der Waals surface area contributed by atoms with Crippen molar-refractivity contribution in [1.82, 2.24) is 4.90 Å². The molecule has 0 saturated carbocycles. The molecule has 1 aliphatic heterocycles. The molecular weight excluding hydrogens is 281 g/mol. The number of nitrogens with two attached hydrogens (primary N) is 1. The van der Waals surface area contributed by atoms with Crippen molar-refractivity contribution in [2.24, 2.45) is 5.73 Å². The lowest BCUT2D eigenvalue weighted by Crippen LogP contribution is -2.37. The monoisotopic (exact) mass is 298 g/mol. The Morgan fingerprint density at radius 3 is 2.43 bits per heavy atom. The fourth-order valence-corrected chi connectivity index (χ4v) is 2.36. The van der Waals surface area contributed by atoms with Gasteiger partial charge in [-0.15, -0.1) is 0 Å². The lowest BCUT2D eigenvalue weighted by Gasteiger charge is -2.27. The maximum atomic E-state index is 12.5. The molecule has 0 radical (unpaired) electrons. The molecule has 21 heavy (non-hydrogen) atoms. The highest BCUT2D eigenvalue weighted by Crippen LogP contribution is 2.30. The molecule has 1 aliphatic rings. The summed E-state index contributed by atoms with van der Waals surface area (Å²) in [6.07, 6.45) is -3.17. The molecule has 114 valence electrons. The highest BCUT2D eigenvalue weighted by Gasteiger charge is 2.35. The number of carbonyl (C=O) groups is 1. The van der Waals surface area contributed by atoms with E-state index in [9.17, 15) is 18.0 Å². The fourth-order valence-electron chi connectivity index (χ4n) is 2.36. The first-order chi connectivity index (χ1) is 9.91. The van der Waals surface area contributed by atoms with Crippen molar-refractivity contribution in [3.05, 3.63) is 47.0 Å². The summed E-state index contributed by atoms with van der Waals surface area (Å²) in [5.41, 5.74) is 6.78. The van der Waals surface area contributed by atoms with Gasteiger partial charge in [-0.05, 0) is 17.5 Å². The van der Waals surface area contributed by atoms with Crippen LogP contribution in [0.25, 0.3) is 0 Å². The normalized spacial score (nSPS) is 15.8. The van der Waals surface area contributed by atoms with Crippen molar-refractivity contribution in [3.63, 3.8) is 0 Å². The number of hydrogen-bond donors (Lipinski definition) is 1. The number of hydrogen-bond acceptors (Lipinski definition) is 2. The molecule has 0 bridgehead atoms. The molecule has 0 spiro atoms. The lowest BCUT2D eigenvalue weighted by atomic mass is 10.0. The second kappa shape index (κ2) is 6.30. The smallest absolute Gasteiger partial charge is 0.338 e. The highest BCUT2D eigenvalue weighted by atomic mass is 19.4. The number of alkyl halides is 3. The number of carbonyl (C=O) groups excluding carboxylic acids is 1. The Hall–Kier alpha value is -1.82. The van der Waals surface area contributed by atoms with Gasteiger partial charge < -0.3 is 10.6 Å². The summed E-state index contributed by atoms with van der Waals surface area (Å²) < 4.78 is 37.6. The van der Waals surface area contributed by atoms with Gasteiger partial charge in [0.25, 0.3) is 0 Å². The minimum Gasteiger partial charge on any atom is -0.338 e. The molecule has 1 amide bonds. The predicted octanol–water partition coefficient (Wildman–Crippen LogP) is 2.41. The molecule has 2 N–H and O–H groups in total. The zero-order valence-electron chi connectivity index (χ0n) is 11.5. The fraction of sp³-hybridized carbons (Fsp3) is 0.400. The van der Waals surface area contributed by atoms with Crippen molar-refractivity contribution in [2.45, 2.75) is 25.6 Å². The Bertz CT molecular complexity index is 552. The van der Waals surface area contributed by atoms with Crippen molar-refractivity contribution in [1.29, 1.82) is 0 Å². The van der Waals surface area contributed by atoms with Gasteiger partial charge >= 0.3 is 6.18 Å². The van der Waals surface area contributed by atoms with Crippen molar-refractivity contribution in [2.75, 3.05) is 13.1 Å². The second-order valence-electron chi connectivity index (χ2n) is 4.97. The Kier molecular flexibility index (Phi) is 4.67. The zero-order chi connectivity index (χ0) is 15.5. The van der Waals surface area contributed by atoms with Crippen LogP contribution in [0.1, 0.15) is 17.5 Å². The maximum Gasteiger partial charge on any atom is 0.412 e. The molecule has 0 aromatic heterocycles. The molecule has 0 saturated heterocycles. The molecule has 0 atom stereocenters. The molecule has 0 aliphatic carbocycles. The van der Waals surface area contributed by atoms with E-state index in [-0.39, 0.29) is 31.8 Å². The van der Waals surface area contributed by atoms with Gasteiger partial charge in [0.2, 0.25) is 5.91 Å². The summed E-state index contributed by atoms with van der Waals surface area (Å²) in [4.78, 5) is 13.6. The van der Waals surface area contributed by atoms with Crippen LogP contribution in [0.3, 0.4) is 0 Å². The average molecular weight is 298 g/mol.